The SMILES string of the molecule is C=CCN(Cc1cccn1Cc1ccccc1C)C(=O)c1ccccc1. The molecule has 3 nitrogen and oxygen atoms in total. The predicted molar refractivity (Wildman–Crippen MR) is 106 cm³/mol. The minimum Gasteiger partial charge on any atom is -0.345 e. The van der Waals surface area contributed by atoms with Gasteiger partial charge in [-0.2, -0.15) is 0 Å². The molecule has 0 aliphatic heterocycles. The quantitative estimate of drug-likeness (QED) is 0.572. The number of aromatic nitrogens is 1. The number of amides is 1. The van der Waals surface area contributed by atoms with Gasteiger partial charge in [0.2, 0.25) is 0 Å². The number of aryl methyl sites for hydroxylation is 1. The maximum atomic E-state index is 12.9. The summed E-state index contributed by atoms with van der Waals surface area (Å²) in [5, 5.41) is 0. The van der Waals surface area contributed by atoms with E-state index in [-0.39, 0.29) is 5.91 Å². The van der Waals surface area contributed by atoms with Crippen LogP contribution in [0, 0.1) is 6.92 Å². The molecule has 0 aliphatic rings. The Kier molecular flexibility index (Phi) is 5.69. The highest BCUT2D eigenvalue weighted by atomic mass is 16.2. The summed E-state index contributed by atoms with van der Waals surface area (Å²) in [5.41, 5.74) is 4.37. The molecule has 0 atom stereocenters. The van der Waals surface area contributed by atoms with Gasteiger partial charge in [0.05, 0.1) is 6.54 Å². The Morgan fingerprint density at radius 3 is 2.50 bits per heavy atom. The molecule has 0 spiro atoms. The molecule has 1 aromatic heterocycles. The van der Waals surface area contributed by atoms with Gasteiger partial charge in [-0.15, -0.1) is 6.58 Å². The lowest BCUT2D eigenvalue weighted by molar-refractivity contribution is 0.0759. The van der Waals surface area contributed by atoms with Gasteiger partial charge >= 0.3 is 0 Å². The zero-order valence-corrected chi connectivity index (χ0v) is 15.1. The number of benzene rings is 2. The Balaban J connectivity index is 1.80. The van der Waals surface area contributed by atoms with Crippen LogP contribution in [0.3, 0.4) is 0 Å². The van der Waals surface area contributed by atoms with Crippen LogP contribution in [0.25, 0.3) is 0 Å². The van der Waals surface area contributed by atoms with Gasteiger partial charge in [-0.3, -0.25) is 4.79 Å². The van der Waals surface area contributed by atoms with Crippen LogP contribution in [-0.2, 0) is 13.1 Å². The van der Waals surface area contributed by atoms with Crippen molar-refractivity contribution < 1.29 is 4.79 Å². The molecule has 0 radical (unpaired) electrons. The molecule has 3 aromatic rings. The average molecular weight is 344 g/mol. The molecular formula is C23H24N2O. The van der Waals surface area contributed by atoms with E-state index in [4.69, 9.17) is 0 Å². The number of rotatable bonds is 7. The third kappa shape index (κ3) is 4.12. The maximum Gasteiger partial charge on any atom is 0.254 e. The van der Waals surface area contributed by atoms with Gasteiger partial charge < -0.3 is 9.47 Å². The van der Waals surface area contributed by atoms with Crippen molar-refractivity contribution in [1.82, 2.24) is 9.47 Å². The molecule has 0 saturated carbocycles. The minimum absolute atomic E-state index is 0.0224. The number of nitrogens with zero attached hydrogens (tertiary/aromatic N) is 2. The smallest absolute Gasteiger partial charge is 0.254 e. The first kappa shape index (κ1) is 17.7. The van der Waals surface area contributed by atoms with Crippen LogP contribution in [0.4, 0.5) is 0 Å². The van der Waals surface area contributed by atoms with E-state index in [1.807, 2.05) is 41.3 Å². The lowest BCUT2D eigenvalue weighted by Gasteiger charge is -2.22. The molecule has 3 rings (SSSR count). The fraction of sp³-hybridized carbons (Fsp3) is 0.174. The minimum atomic E-state index is 0.0224. The van der Waals surface area contributed by atoms with Crippen molar-refractivity contribution >= 4 is 5.91 Å². The molecule has 1 amide bonds. The van der Waals surface area contributed by atoms with E-state index in [0.717, 1.165) is 12.2 Å². The van der Waals surface area contributed by atoms with Crippen molar-refractivity contribution in [3.8, 4) is 0 Å². The summed E-state index contributed by atoms with van der Waals surface area (Å²) in [7, 11) is 0. The average Bonchev–Trinajstić information content (AvgIpc) is 3.10. The summed E-state index contributed by atoms with van der Waals surface area (Å²) < 4.78 is 2.21. The summed E-state index contributed by atoms with van der Waals surface area (Å²) in [6, 6.07) is 21.9. The normalized spacial score (nSPS) is 10.5. The largest absolute Gasteiger partial charge is 0.345 e. The number of carbonyl (C=O) groups is 1. The van der Waals surface area contributed by atoms with Gasteiger partial charge in [-0.25, -0.2) is 0 Å². The second kappa shape index (κ2) is 8.34. The fourth-order valence-electron chi connectivity index (χ4n) is 3.05. The van der Waals surface area contributed by atoms with Crippen molar-refractivity contribution in [3.05, 3.63) is 108 Å². The van der Waals surface area contributed by atoms with Gasteiger partial charge in [0.1, 0.15) is 0 Å². The standard InChI is InChI=1S/C23H24N2O/c1-3-15-25(23(26)20-11-5-4-6-12-20)18-22-14-9-16-24(22)17-21-13-8-7-10-19(21)2/h3-14,16H,1,15,17-18H2,2H3. The topological polar surface area (TPSA) is 25.2 Å². The van der Waals surface area contributed by atoms with Crippen LogP contribution >= 0.6 is 0 Å². The van der Waals surface area contributed by atoms with Gasteiger partial charge in [0, 0.05) is 30.5 Å². The summed E-state index contributed by atoms with van der Waals surface area (Å²) in [4.78, 5) is 14.7. The van der Waals surface area contributed by atoms with E-state index in [9.17, 15) is 4.79 Å². The third-order valence-corrected chi connectivity index (χ3v) is 4.54. The number of hydrogen-bond donors (Lipinski definition) is 0. The van der Waals surface area contributed by atoms with E-state index < -0.39 is 0 Å². The second-order valence-corrected chi connectivity index (χ2v) is 6.39. The summed E-state index contributed by atoms with van der Waals surface area (Å²) in [5.74, 6) is 0.0224. The predicted octanol–water partition coefficient (Wildman–Crippen LogP) is 4.67. The lowest BCUT2D eigenvalue weighted by atomic mass is 10.1. The Morgan fingerprint density at radius 2 is 1.77 bits per heavy atom. The zero-order chi connectivity index (χ0) is 18.4. The highest BCUT2D eigenvalue weighted by Crippen LogP contribution is 2.15. The molecule has 0 unspecified atom stereocenters. The molecule has 0 saturated heterocycles. The second-order valence-electron chi connectivity index (χ2n) is 6.39. The van der Waals surface area contributed by atoms with E-state index in [2.05, 4.69) is 54.6 Å². The molecule has 2 aromatic carbocycles. The van der Waals surface area contributed by atoms with Crippen molar-refractivity contribution in [1.29, 1.82) is 0 Å². The molecule has 0 N–H and O–H groups in total. The van der Waals surface area contributed by atoms with E-state index in [1.165, 1.54) is 11.1 Å². The maximum absolute atomic E-state index is 12.9. The van der Waals surface area contributed by atoms with Crippen molar-refractivity contribution in [2.24, 2.45) is 0 Å². The first-order valence-electron chi connectivity index (χ1n) is 8.83. The summed E-state index contributed by atoms with van der Waals surface area (Å²) >= 11 is 0. The lowest BCUT2D eigenvalue weighted by Crippen LogP contribution is -2.31. The van der Waals surface area contributed by atoms with Crippen LogP contribution < -0.4 is 0 Å². The Morgan fingerprint density at radius 1 is 1.04 bits per heavy atom. The molecule has 26 heavy (non-hydrogen) atoms. The summed E-state index contributed by atoms with van der Waals surface area (Å²) in [6.45, 7) is 7.81. The first-order chi connectivity index (χ1) is 12.7. The molecule has 0 bridgehead atoms. The van der Waals surface area contributed by atoms with Crippen molar-refractivity contribution in [2.45, 2.75) is 20.0 Å². The molecular weight excluding hydrogens is 320 g/mol. The molecule has 0 fully saturated rings. The summed E-state index contributed by atoms with van der Waals surface area (Å²) in [6.07, 6.45) is 3.84. The molecule has 132 valence electrons. The van der Waals surface area contributed by atoms with Crippen LogP contribution in [0.2, 0.25) is 0 Å². The molecule has 3 heteroatoms. The van der Waals surface area contributed by atoms with Gasteiger partial charge in [0.25, 0.3) is 5.91 Å². The fourth-order valence-corrected chi connectivity index (χ4v) is 3.05. The van der Waals surface area contributed by atoms with E-state index in [0.29, 0.717) is 18.7 Å². The van der Waals surface area contributed by atoms with E-state index >= 15 is 0 Å². The van der Waals surface area contributed by atoms with Gasteiger partial charge in [-0.05, 0) is 42.3 Å². The number of carbonyl (C=O) groups excluding carboxylic acids is 1. The monoisotopic (exact) mass is 344 g/mol. The Bertz CT molecular complexity index is 880. The Hall–Kier alpha value is -3.07. The van der Waals surface area contributed by atoms with E-state index in [1.54, 1.807) is 6.08 Å². The van der Waals surface area contributed by atoms with Crippen molar-refractivity contribution in [3.63, 3.8) is 0 Å². The van der Waals surface area contributed by atoms with Crippen LogP contribution in [0.5, 0.6) is 0 Å². The Labute approximate surface area is 155 Å². The van der Waals surface area contributed by atoms with Crippen LogP contribution in [0.15, 0.2) is 85.6 Å². The highest BCUT2D eigenvalue weighted by Gasteiger charge is 2.16. The first-order valence-corrected chi connectivity index (χ1v) is 8.83. The van der Waals surface area contributed by atoms with Crippen molar-refractivity contribution in [2.75, 3.05) is 6.54 Å². The molecule has 1 heterocycles. The van der Waals surface area contributed by atoms with Gasteiger partial charge in [0.15, 0.2) is 0 Å². The van der Waals surface area contributed by atoms with Crippen LogP contribution in [-0.4, -0.2) is 21.9 Å². The number of hydrogen-bond acceptors (Lipinski definition) is 1. The third-order valence-electron chi connectivity index (χ3n) is 4.54. The zero-order valence-electron chi connectivity index (χ0n) is 15.1. The molecule has 0 aliphatic carbocycles. The van der Waals surface area contributed by atoms with Gasteiger partial charge in [-0.1, -0.05) is 48.5 Å². The van der Waals surface area contributed by atoms with Crippen LogP contribution in [0.1, 0.15) is 27.2 Å². The highest BCUT2D eigenvalue weighted by molar-refractivity contribution is 5.94.